The Bertz CT molecular complexity index is 415. The molecule has 2 amide bonds. The van der Waals surface area contributed by atoms with Crippen molar-refractivity contribution in [2.24, 2.45) is 5.73 Å². The number of rotatable bonds is 5. The molecule has 0 spiro atoms. The lowest BCUT2D eigenvalue weighted by atomic mass is 10.2. The number of hydrogen-bond donors (Lipinski definition) is 3. The number of nitrogens with one attached hydrogen (secondary N) is 2. The molecular formula is C12H18N4O2. The lowest BCUT2D eigenvalue weighted by Gasteiger charge is -2.13. The van der Waals surface area contributed by atoms with E-state index >= 15 is 0 Å². The molecule has 0 fully saturated rings. The van der Waals surface area contributed by atoms with Gasteiger partial charge in [-0.15, -0.1) is 0 Å². The third-order valence-electron chi connectivity index (χ3n) is 2.30. The van der Waals surface area contributed by atoms with Crippen molar-refractivity contribution in [1.82, 2.24) is 5.32 Å². The lowest BCUT2D eigenvalue weighted by Crippen LogP contribution is -2.36. The largest absolute Gasteiger partial charge is 0.378 e. The van der Waals surface area contributed by atoms with E-state index in [0.717, 1.165) is 5.69 Å². The van der Waals surface area contributed by atoms with Crippen molar-refractivity contribution in [3.8, 4) is 0 Å². The Kier molecular flexibility index (Phi) is 5.13. The summed E-state index contributed by atoms with van der Waals surface area (Å²) in [6, 6.07) is 7.40. The normalized spacial score (nSPS) is 9.72. The van der Waals surface area contributed by atoms with Crippen molar-refractivity contribution in [1.29, 1.82) is 0 Å². The standard InChI is InChI=1S/C12H18N4O2/c1-16(2)10-5-3-9(4-6-10)15-12(18)8-14-11(17)7-13/h3-6H,7-8,13H2,1-2H3,(H,14,17)(H,15,18). The van der Waals surface area contributed by atoms with Gasteiger partial charge in [0.2, 0.25) is 11.8 Å². The van der Waals surface area contributed by atoms with Crippen LogP contribution in [0.25, 0.3) is 0 Å². The van der Waals surface area contributed by atoms with Crippen LogP contribution >= 0.6 is 0 Å². The molecule has 0 radical (unpaired) electrons. The van der Waals surface area contributed by atoms with E-state index in [2.05, 4.69) is 10.6 Å². The van der Waals surface area contributed by atoms with E-state index in [4.69, 9.17) is 5.73 Å². The first-order valence-corrected chi connectivity index (χ1v) is 5.57. The number of benzene rings is 1. The highest BCUT2D eigenvalue weighted by atomic mass is 16.2. The Labute approximate surface area is 106 Å². The Hall–Kier alpha value is -2.08. The quantitative estimate of drug-likeness (QED) is 0.673. The average molecular weight is 250 g/mol. The van der Waals surface area contributed by atoms with Crippen LogP contribution in [0.4, 0.5) is 11.4 Å². The molecule has 0 aliphatic rings. The van der Waals surface area contributed by atoms with Crippen LogP contribution in [0.2, 0.25) is 0 Å². The lowest BCUT2D eigenvalue weighted by molar-refractivity contribution is -0.123. The number of carbonyl (C=O) groups excluding carboxylic acids is 2. The highest BCUT2D eigenvalue weighted by Gasteiger charge is 2.04. The van der Waals surface area contributed by atoms with Gasteiger partial charge >= 0.3 is 0 Å². The van der Waals surface area contributed by atoms with Crippen LogP contribution in [-0.2, 0) is 9.59 Å². The van der Waals surface area contributed by atoms with Gasteiger partial charge in [0.1, 0.15) is 0 Å². The van der Waals surface area contributed by atoms with Crippen LogP contribution in [0.3, 0.4) is 0 Å². The third kappa shape index (κ3) is 4.42. The van der Waals surface area contributed by atoms with Gasteiger partial charge in [0, 0.05) is 25.5 Å². The minimum atomic E-state index is -0.354. The fraction of sp³-hybridized carbons (Fsp3) is 0.333. The molecule has 1 aromatic carbocycles. The van der Waals surface area contributed by atoms with Crippen molar-refractivity contribution in [3.05, 3.63) is 24.3 Å². The summed E-state index contributed by atoms with van der Waals surface area (Å²) in [4.78, 5) is 24.3. The van der Waals surface area contributed by atoms with E-state index in [1.54, 1.807) is 12.1 Å². The molecule has 0 heterocycles. The molecule has 1 aromatic rings. The molecule has 4 N–H and O–H groups in total. The van der Waals surface area contributed by atoms with E-state index in [1.165, 1.54) is 0 Å². The summed E-state index contributed by atoms with van der Waals surface area (Å²) in [5.74, 6) is -0.637. The van der Waals surface area contributed by atoms with Crippen LogP contribution in [0.1, 0.15) is 0 Å². The molecule has 0 atom stereocenters. The number of hydrogen-bond acceptors (Lipinski definition) is 4. The second kappa shape index (κ2) is 6.61. The maximum atomic E-state index is 11.5. The maximum absolute atomic E-state index is 11.5. The van der Waals surface area contributed by atoms with Crippen LogP contribution < -0.4 is 21.3 Å². The van der Waals surface area contributed by atoms with Crippen molar-refractivity contribution in [2.75, 3.05) is 37.4 Å². The second-order valence-corrected chi connectivity index (χ2v) is 3.97. The van der Waals surface area contributed by atoms with Gasteiger partial charge in [-0.05, 0) is 24.3 Å². The number of anilines is 2. The van der Waals surface area contributed by atoms with Gasteiger partial charge in [0.25, 0.3) is 0 Å². The predicted molar refractivity (Wildman–Crippen MR) is 71.5 cm³/mol. The Morgan fingerprint density at radius 2 is 1.78 bits per heavy atom. The first kappa shape index (κ1) is 14.0. The summed E-state index contributed by atoms with van der Waals surface area (Å²) < 4.78 is 0. The average Bonchev–Trinajstić information content (AvgIpc) is 2.36. The SMILES string of the molecule is CN(C)c1ccc(NC(=O)CNC(=O)CN)cc1. The van der Waals surface area contributed by atoms with Crippen LogP contribution in [0.5, 0.6) is 0 Å². The van der Waals surface area contributed by atoms with Crippen LogP contribution in [-0.4, -0.2) is 39.0 Å². The Morgan fingerprint density at radius 1 is 1.17 bits per heavy atom. The van der Waals surface area contributed by atoms with Gasteiger partial charge in [-0.2, -0.15) is 0 Å². The molecule has 0 bridgehead atoms. The Balaban J connectivity index is 2.47. The van der Waals surface area contributed by atoms with Crippen molar-refractivity contribution in [2.45, 2.75) is 0 Å². The summed E-state index contributed by atoms with van der Waals surface area (Å²) in [6.45, 7) is -0.198. The summed E-state index contributed by atoms with van der Waals surface area (Å²) in [7, 11) is 3.88. The van der Waals surface area contributed by atoms with Gasteiger partial charge in [0.05, 0.1) is 13.1 Å². The molecule has 6 nitrogen and oxygen atoms in total. The number of nitrogens with zero attached hydrogens (tertiary/aromatic N) is 1. The maximum Gasteiger partial charge on any atom is 0.243 e. The number of carbonyl (C=O) groups is 2. The van der Waals surface area contributed by atoms with E-state index < -0.39 is 0 Å². The molecule has 0 saturated carbocycles. The van der Waals surface area contributed by atoms with Gasteiger partial charge in [0.15, 0.2) is 0 Å². The zero-order chi connectivity index (χ0) is 13.5. The van der Waals surface area contributed by atoms with E-state index in [-0.39, 0.29) is 24.9 Å². The molecule has 0 unspecified atom stereocenters. The van der Waals surface area contributed by atoms with Crippen LogP contribution in [0, 0.1) is 0 Å². The van der Waals surface area contributed by atoms with Crippen molar-refractivity contribution in [3.63, 3.8) is 0 Å². The first-order chi connectivity index (χ1) is 8.52. The smallest absolute Gasteiger partial charge is 0.243 e. The summed E-state index contributed by atoms with van der Waals surface area (Å²) in [5.41, 5.74) is 6.84. The predicted octanol–water partition coefficient (Wildman–Crippen LogP) is -0.234. The fourth-order valence-electron chi connectivity index (χ4n) is 1.30. The van der Waals surface area contributed by atoms with E-state index in [1.807, 2.05) is 31.1 Å². The molecule has 0 aliphatic heterocycles. The minimum Gasteiger partial charge on any atom is -0.378 e. The van der Waals surface area contributed by atoms with Gasteiger partial charge in [-0.1, -0.05) is 0 Å². The number of amides is 2. The molecular weight excluding hydrogens is 232 g/mol. The zero-order valence-corrected chi connectivity index (χ0v) is 10.6. The summed E-state index contributed by atoms with van der Waals surface area (Å²) >= 11 is 0. The highest BCUT2D eigenvalue weighted by molar-refractivity contribution is 5.94. The molecule has 18 heavy (non-hydrogen) atoms. The first-order valence-electron chi connectivity index (χ1n) is 5.57. The van der Waals surface area contributed by atoms with Crippen molar-refractivity contribution < 1.29 is 9.59 Å². The molecule has 0 aliphatic carbocycles. The van der Waals surface area contributed by atoms with Gasteiger partial charge in [-0.25, -0.2) is 0 Å². The Morgan fingerprint density at radius 3 is 2.28 bits per heavy atom. The molecule has 0 saturated heterocycles. The molecule has 0 aromatic heterocycles. The monoisotopic (exact) mass is 250 g/mol. The van der Waals surface area contributed by atoms with Gasteiger partial charge < -0.3 is 21.3 Å². The van der Waals surface area contributed by atoms with Gasteiger partial charge in [-0.3, -0.25) is 9.59 Å². The summed E-state index contributed by atoms with van der Waals surface area (Å²) in [6.07, 6.45) is 0. The topological polar surface area (TPSA) is 87.5 Å². The second-order valence-electron chi connectivity index (χ2n) is 3.97. The molecule has 1 rings (SSSR count). The third-order valence-corrected chi connectivity index (χ3v) is 2.30. The fourth-order valence-corrected chi connectivity index (χ4v) is 1.30. The molecule has 98 valence electrons. The zero-order valence-electron chi connectivity index (χ0n) is 10.6. The number of nitrogens with two attached hydrogens (primary N) is 1. The van der Waals surface area contributed by atoms with E-state index in [9.17, 15) is 9.59 Å². The minimum absolute atomic E-state index is 0.0779. The highest BCUT2D eigenvalue weighted by Crippen LogP contribution is 2.15. The van der Waals surface area contributed by atoms with Crippen molar-refractivity contribution >= 4 is 23.2 Å². The van der Waals surface area contributed by atoms with E-state index in [0.29, 0.717) is 5.69 Å². The van der Waals surface area contributed by atoms with Crippen LogP contribution in [0.15, 0.2) is 24.3 Å². The summed E-state index contributed by atoms with van der Waals surface area (Å²) in [5, 5.41) is 5.07. The molecule has 6 heteroatoms.